The molecule has 7 heteroatoms. The summed E-state index contributed by atoms with van der Waals surface area (Å²) in [6.07, 6.45) is 17.1. The van der Waals surface area contributed by atoms with E-state index in [4.69, 9.17) is 0 Å². The number of carbonyl (C=O) groups excluding carboxylic acids is 1. The number of nitrogens with zero attached hydrogens (tertiary/aromatic N) is 5. The van der Waals surface area contributed by atoms with Crippen LogP contribution in [0.5, 0.6) is 0 Å². The minimum atomic E-state index is -0.378. The number of halogens is 1. The predicted octanol–water partition coefficient (Wildman–Crippen LogP) is 4.50. The van der Waals surface area contributed by atoms with Crippen molar-refractivity contribution in [3.05, 3.63) is 77.4 Å². The maximum Gasteiger partial charge on any atom is 0.255 e. The van der Waals surface area contributed by atoms with Crippen LogP contribution in [0.4, 0.5) is 4.39 Å². The molecule has 2 fully saturated rings. The van der Waals surface area contributed by atoms with Gasteiger partial charge in [-0.15, -0.1) is 0 Å². The molecule has 1 amide bonds. The third-order valence-corrected chi connectivity index (χ3v) is 7.71. The quantitative estimate of drug-likeness (QED) is 0.659. The lowest BCUT2D eigenvalue weighted by molar-refractivity contribution is -0.122. The van der Waals surface area contributed by atoms with Gasteiger partial charge in [0.25, 0.3) is 5.91 Å². The van der Waals surface area contributed by atoms with E-state index in [0.717, 1.165) is 54.8 Å². The number of rotatable bonds is 3. The van der Waals surface area contributed by atoms with Crippen molar-refractivity contribution in [2.24, 2.45) is 5.92 Å². The van der Waals surface area contributed by atoms with Crippen molar-refractivity contribution < 1.29 is 9.18 Å². The Kier molecular flexibility index (Phi) is 5.40. The smallest absolute Gasteiger partial charge is 0.255 e. The second-order valence-electron chi connectivity index (χ2n) is 10.4. The van der Waals surface area contributed by atoms with Crippen LogP contribution >= 0.6 is 0 Å². The van der Waals surface area contributed by atoms with E-state index in [2.05, 4.69) is 46.9 Å². The van der Waals surface area contributed by atoms with Crippen molar-refractivity contribution in [1.29, 1.82) is 0 Å². The lowest BCUT2D eigenvalue weighted by atomic mass is 9.90. The highest BCUT2D eigenvalue weighted by molar-refractivity contribution is 5.98. The first-order chi connectivity index (χ1) is 16.9. The van der Waals surface area contributed by atoms with Crippen molar-refractivity contribution >= 4 is 17.1 Å². The van der Waals surface area contributed by atoms with Gasteiger partial charge in [0, 0.05) is 62.1 Å². The SMILES string of the molecule is Cc1cn2cc(C3=CC(=O)N4C=C(N5CCN(C6CC6)C(C)C5)C=CC4=CCC3C)cc(F)c2n1. The topological polar surface area (TPSA) is 44.1 Å². The Morgan fingerprint density at radius 3 is 2.66 bits per heavy atom. The summed E-state index contributed by atoms with van der Waals surface area (Å²) in [6, 6.07) is 2.78. The van der Waals surface area contributed by atoms with E-state index in [9.17, 15) is 9.18 Å². The van der Waals surface area contributed by atoms with Gasteiger partial charge in [0.15, 0.2) is 11.5 Å². The van der Waals surface area contributed by atoms with Gasteiger partial charge < -0.3 is 9.30 Å². The van der Waals surface area contributed by atoms with E-state index >= 15 is 0 Å². The molecule has 1 aliphatic carbocycles. The molecule has 3 aliphatic heterocycles. The molecule has 6 rings (SSSR count). The third kappa shape index (κ3) is 4.12. The minimum Gasteiger partial charge on any atom is -0.367 e. The van der Waals surface area contributed by atoms with E-state index in [-0.39, 0.29) is 17.6 Å². The summed E-state index contributed by atoms with van der Waals surface area (Å²) in [7, 11) is 0. The Hall–Kier alpha value is -3.19. The fraction of sp³-hybridized carbons (Fsp3) is 0.429. The summed E-state index contributed by atoms with van der Waals surface area (Å²) in [4.78, 5) is 24.5. The number of allylic oxidation sites excluding steroid dienone is 4. The predicted molar refractivity (Wildman–Crippen MR) is 135 cm³/mol. The second-order valence-corrected chi connectivity index (χ2v) is 10.4. The van der Waals surface area contributed by atoms with Crippen LogP contribution in [-0.2, 0) is 4.79 Å². The molecule has 4 aliphatic rings. The highest BCUT2D eigenvalue weighted by Gasteiger charge is 2.36. The van der Waals surface area contributed by atoms with E-state index in [1.54, 1.807) is 15.4 Å². The van der Waals surface area contributed by atoms with E-state index in [0.29, 0.717) is 17.3 Å². The van der Waals surface area contributed by atoms with Crippen LogP contribution in [0, 0.1) is 18.7 Å². The molecule has 0 radical (unpaired) electrons. The highest BCUT2D eigenvalue weighted by atomic mass is 19.1. The van der Waals surface area contributed by atoms with Gasteiger partial charge >= 0.3 is 0 Å². The van der Waals surface area contributed by atoms with Crippen molar-refractivity contribution in [2.45, 2.75) is 52.1 Å². The van der Waals surface area contributed by atoms with Crippen LogP contribution < -0.4 is 0 Å². The molecule has 35 heavy (non-hydrogen) atoms. The number of pyridine rings is 1. The normalized spacial score (nSPS) is 25.7. The molecular formula is C28H32FN5O. The first kappa shape index (κ1) is 22.3. The summed E-state index contributed by atoms with van der Waals surface area (Å²) >= 11 is 0. The first-order valence-corrected chi connectivity index (χ1v) is 12.7. The first-order valence-electron chi connectivity index (χ1n) is 12.7. The van der Waals surface area contributed by atoms with Crippen LogP contribution in [0.25, 0.3) is 11.2 Å². The Morgan fingerprint density at radius 1 is 1.09 bits per heavy atom. The van der Waals surface area contributed by atoms with Gasteiger partial charge in [-0.1, -0.05) is 13.0 Å². The van der Waals surface area contributed by atoms with Crippen molar-refractivity contribution in [1.82, 2.24) is 24.1 Å². The summed E-state index contributed by atoms with van der Waals surface area (Å²) in [5, 5.41) is 0. The van der Waals surface area contributed by atoms with Gasteiger partial charge in [-0.3, -0.25) is 14.6 Å². The summed E-state index contributed by atoms with van der Waals surface area (Å²) in [5.74, 6) is -0.409. The van der Waals surface area contributed by atoms with Gasteiger partial charge in [0.1, 0.15) is 0 Å². The molecular weight excluding hydrogens is 441 g/mol. The van der Waals surface area contributed by atoms with E-state index in [1.165, 1.54) is 18.9 Å². The zero-order chi connectivity index (χ0) is 24.3. The molecule has 2 aromatic heterocycles. The average molecular weight is 474 g/mol. The number of imidazole rings is 1. The Labute approximate surface area is 205 Å². The van der Waals surface area contributed by atoms with E-state index < -0.39 is 0 Å². The monoisotopic (exact) mass is 473 g/mol. The molecule has 2 aromatic rings. The molecule has 6 nitrogen and oxygen atoms in total. The van der Waals surface area contributed by atoms with Crippen LogP contribution in [-0.4, -0.2) is 61.7 Å². The Balaban J connectivity index is 1.29. The number of piperazine rings is 1. The van der Waals surface area contributed by atoms with Crippen LogP contribution in [0.3, 0.4) is 0 Å². The zero-order valence-corrected chi connectivity index (χ0v) is 20.6. The lowest BCUT2D eigenvalue weighted by Gasteiger charge is -2.42. The van der Waals surface area contributed by atoms with Crippen molar-refractivity contribution in [2.75, 3.05) is 19.6 Å². The molecule has 1 saturated heterocycles. The van der Waals surface area contributed by atoms with E-state index in [1.807, 2.05) is 25.5 Å². The summed E-state index contributed by atoms with van der Waals surface area (Å²) < 4.78 is 16.5. The van der Waals surface area contributed by atoms with Crippen molar-refractivity contribution in [3.63, 3.8) is 0 Å². The molecule has 2 unspecified atom stereocenters. The molecule has 0 spiro atoms. The second kappa shape index (κ2) is 8.48. The molecule has 2 atom stereocenters. The third-order valence-electron chi connectivity index (χ3n) is 7.71. The van der Waals surface area contributed by atoms with Gasteiger partial charge in [0.05, 0.1) is 11.4 Å². The number of carbonyl (C=O) groups is 1. The Bertz CT molecular complexity index is 1310. The summed E-state index contributed by atoms with van der Waals surface area (Å²) in [6.45, 7) is 9.24. The maximum atomic E-state index is 14.8. The number of hydrogen-bond acceptors (Lipinski definition) is 4. The fourth-order valence-corrected chi connectivity index (χ4v) is 5.67. The molecule has 182 valence electrons. The largest absolute Gasteiger partial charge is 0.367 e. The number of aromatic nitrogens is 2. The standard InChI is InChI=1S/C28H32FN5O/c1-18-4-5-23-8-9-24(31-10-11-33(20(3)15-31)22-6-7-22)17-34(23)27(35)13-25(18)21-12-26(29)28-30-19(2)14-32(28)16-21/h5,8-9,12-14,16-18,20,22H,4,6-7,10-11,15H2,1-3H3. The van der Waals surface area contributed by atoms with Gasteiger partial charge in [-0.25, -0.2) is 9.37 Å². The number of amides is 1. The maximum absolute atomic E-state index is 14.8. The van der Waals surface area contributed by atoms with Gasteiger partial charge in [-0.05, 0) is 68.4 Å². The molecule has 0 aromatic carbocycles. The Morgan fingerprint density at radius 2 is 1.89 bits per heavy atom. The summed E-state index contributed by atoms with van der Waals surface area (Å²) in [5.41, 5.74) is 4.60. The number of aryl methyl sites for hydroxylation is 1. The van der Waals surface area contributed by atoms with Crippen LogP contribution in [0.15, 0.2) is 60.4 Å². The average Bonchev–Trinajstić information content (AvgIpc) is 3.60. The minimum absolute atomic E-state index is 0.0743. The number of fused-ring (bicyclic) bond motifs is 2. The van der Waals surface area contributed by atoms with Crippen LogP contribution in [0.2, 0.25) is 0 Å². The van der Waals surface area contributed by atoms with Gasteiger partial charge in [0.2, 0.25) is 0 Å². The molecule has 5 heterocycles. The van der Waals surface area contributed by atoms with Crippen molar-refractivity contribution in [3.8, 4) is 0 Å². The molecule has 0 bridgehead atoms. The lowest BCUT2D eigenvalue weighted by Crippen LogP contribution is -2.52. The number of hydrogen-bond donors (Lipinski definition) is 0. The molecule has 0 N–H and O–H groups in total. The van der Waals surface area contributed by atoms with Gasteiger partial charge in [-0.2, -0.15) is 0 Å². The van der Waals surface area contributed by atoms with Crippen LogP contribution in [0.1, 0.15) is 44.4 Å². The zero-order valence-electron chi connectivity index (χ0n) is 20.6. The molecule has 1 saturated carbocycles. The highest BCUT2D eigenvalue weighted by Crippen LogP contribution is 2.34. The fourth-order valence-electron chi connectivity index (χ4n) is 5.67.